The predicted molar refractivity (Wildman–Crippen MR) is 160 cm³/mol. The summed E-state index contributed by atoms with van der Waals surface area (Å²) >= 11 is 8.24. The topological polar surface area (TPSA) is 97.7 Å². The summed E-state index contributed by atoms with van der Waals surface area (Å²) in [6.45, 7) is 1.67. The summed E-state index contributed by atoms with van der Waals surface area (Å²) in [5.41, 5.74) is 2.77. The summed E-state index contributed by atoms with van der Waals surface area (Å²) in [5.74, 6) is -1.73. The number of anilines is 2. The summed E-state index contributed by atoms with van der Waals surface area (Å²) in [6.07, 6.45) is 0. The fraction of sp³-hybridized carbons (Fsp3) is 0.200. The molecule has 41 heavy (non-hydrogen) atoms. The zero-order chi connectivity index (χ0) is 28.8. The second-order valence-corrected chi connectivity index (χ2v) is 12.3. The highest BCUT2D eigenvalue weighted by Gasteiger charge is 2.56. The minimum atomic E-state index is -0.780. The number of aryl methyl sites for hydroxylation is 1. The van der Waals surface area contributed by atoms with Crippen LogP contribution < -0.4 is 19.8 Å². The smallest absolute Gasteiger partial charge is 0.308 e. The minimum Gasteiger partial charge on any atom is -0.497 e. The Bertz CT molecular complexity index is 1730. The van der Waals surface area contributed by atoms with Crippen molar-refractivity contribution in [1.29, 1.82) is 0 Å². The molecule has 8 nitrogen and oxygen atoms in total. The van der Waals surface area contributed by atoms with Gasteiger partial charge in [-0.1, -0.05) is 65.0 Å². The molecule has 0 spiro atoms. The van der Waals surface area contributed by atoms with Gasteiger partial charge in [0.1, 0.15) is 17.5 Å². The van der Waals surface area contributed by atoms with Gasteiger partial charge >= 0.3 is 4.87 Å². The number of nitrogens with zero attached hydrogens (tertiary/aromatic N) is 2. The van der Waals surface area contributed by atoms with Crippen LogP contribution in [-0.4, -0.2) is 34.6 Å². The molecule has 3 amide bonds. The number of fused-ring (bicyclic) bond motifs is 2. The van der Waals surface area contributed by atoms with Gasteiger partial charge in [-0.25, -0.2) is 4.90 Å². The predicted octanol–water partition coefficient (Wildman–Crippen LogP) is 5.31. The molecule has 3 atom stereocenters. The van der Waals surface area contributed by atoms with Crippen LogP contribution in [0.25, 0.3) is 0 Å². The lowest BCUT2D eigenvalue weighted by Crippen LogP contribution is -2.33. The summed E-state index contributed by atoms with van der Waals surface area (Å²) in [4.78, 5) is 55.7. The molecule has 11 heteroatoms. The molecule has 0 saturated carbocycles. The Morgan fingerprint density at radius 2 is 1.68 bits per heavy atom. The average molecular weight is 606 g/mol. The third kappa shape index (κ3) is 4.86. The first kappa shape index (κ1) is 27.3. The first-order chi connectivity index (χ1) is 19.8. The molecule has 1 N–H and O–H groups in total. The number of benzene rings is 3. The van der Waals surface area contributed by atoms with Crippen molar-refractivity contribution >= 4 is 63.8 Å². The number of aromatic nitrogens is 1. The largest absolute Gasteiger partial charge is 0.497 e. The molecule has 3 unspecified atom stereocenters. The number of hydrogen-bond donors (Lipinski definition) is 1. The Morgan fingerprint density at radius 1 is 0.976 bits per heavy atom. The zero-order valence-electron chi connectivity index (χ0n) is 22.0. The number of carbonyl (C=O) groups is 3. The molecule has 2 aliphatic rings. The summed E-state index contributed by atoms with van der Waals surface area (Å²) in [7, 11) is 1.57. The van der Waals surface area contributed by atoms with Crippen molar-refractivity contribution in [3.8, 4) is 5.75 Å². The molecule has 0 aliphatic carbocycles. The van der Waals surface area contributed by atoms with E-state index < -0.39 is 17.1 Å². The van der Waals surface area contributed by atoms with Crippen LogP contribution in [0.15, 0.2) is 82.6 Å². The number of ether oxygens (including phenoxy) is 1. The van der Waals surface area contributed by atoms with Crippen LogP contribution in [0.3, 0.4) is 0 Å². The second kappa shape index (κ2) is 10.8. The standard InChI is InChI=1S/C30H24ClN3O5S2/c1-16-5-3-4-6-21(16)32-22(35)15-33-29-26(41-30(33)38)23(17-7-13-20(39-2)14-8-17)24-25(40-29)28(37)34(27(24)36)19-11-9-18(31)10-12-19/h3-14,23-25H,15H2,1-2H3,(H,32,35). The van der Waals surface area contributed by atoms with Crippen molar-refractivity contribution in [3.05, 3.63) is 103 Å². The number of carbonyl (C=O) groups excluding carboxylic acids is 3. The molecule has 3 aromatic carbocycles. The van der Waals surface area contributed by atoms with Gasteiger partial charge in [-0.2, -0.15) is 0 Å². The van der Waals surface area contributed by atoms with Crippen molar-refractivity contribution in [3.63, 3.8) is 0 Å². The second-order valence-electron chi connectivity index (χ2n) is 9.79. The van der Waals surface area contributed by atoms with Gasteiger partial charge in [-0.05, 0) is 60.5 Å². The number of thiazole rings is 1. The highest BCUT2D eigenvalue weighted by molar-refractivity contribution is 8.00. The van der Waals surface area contributed by atoms with Gasteiger partial charge in [0.25, 0.3) is 0 Å². The van der Waals surface area contributed by atoms with Gasteiger partial charge in [0, 0.05) is 21.5 Å². The van der Waals surface area contributed by atoms with Crippen molar-refractivity contribution in [1.82, 2.24) is 4.57 Å². The lowest BCUT2D eigenvalue weighted by Gasteiger charge is -2.30. The highest BCUT2D eigenvalue weighted by Crippen LogP contribution is 2.54. The Morgan fingerprint density at radius 3 is 2.37 bits per heavy atom. The van der Waals surface area contributed by atoms with Gasteiger partial charge in [0.05, 0.1) is 23.7 Å². The number of methoxy groups -OCH3 is 1. The van der Waals surface area contributed by atoms with Crippen LogP contribution in [0.1, 0.15) is 21.9 Å². The quantitative estimate of drug-likeness (QED) is 0.299. The van der Waals surface area contributed by atoms with E-state index in [-0.39, 0.29) is 29.1 Å². The first-order valence-electron chi connectivity index (χ1n) is 12.8. The van der Waals surface area contributed by atoms with Crippen LogP contribution >= 0.6 is 34.7 Å². The Hall–Kier alpha value is -3.86. The molecule has 1 fully saturated rings. The Labute approximate surface area is 248 Å². The number of halogens is 1. The van der Waals surface area contributed by atoms with E-state index in [1.807, 2.05) is 37.3 Å². The minimum absolute atomic E-state index is 0.220. The van der Waals surface area contributed by atoms with Crippen molar-refractivity contribution in [2.24, 2.45) is 5.92 Å². The molecule has 2 aliphatic heterocycles. The number of amides is 3. The molecular weight excluding hydrogens is 582 g/mol. The number of hydrogen-bond acceptors (Lipinski definition) is 7. The van der Waals surface area contributed by atoms with Crippen molar-refractivity contribution < 1.29 is 19.1 Å². The van der Waals surface area contributed by atoms with E-state index in [0.29, 0.717) is 32.1 Å². The molecule has 3 heterocycles. The number of rotatable bonds is 6. The monoisotopic (exact) mass is 605 g/mol. The Kier molecular flexibility index (Phi) is 7.23. The molecule has 208 valence electrons. The average Bonchev–Trinajstić information content (AvgIpc) is 3.41. The van der Waals surface area contributed by atoms with Crippen LogP contribution in [0, 0.1) is 12.8 Å². The van der Waals surface area contributed by atoms with E-state index in [1.54, 1.807) is 49.6 Å². The zero-order valence-corrected chi connectivity index (χ0v) is 24.4. The van der Waals surface area contributed by atoms with Crippen molar-refractivity contribution in [2.75, 3.05) is 17.3 Å². The summed E-state index contributed by atoms with van der Waals surface area (Å²) < 4.78 is 6.73. The fourth-order valence-electron chi connectivity index (χ4n) is 5.32. The van der Waals surface area contributed by atoms with Crippen LogP contribution in [0.2, 0.25) is 5.02 Å². The molecule has 0 bridgehead atoms. The van der Waals surface area contributed by atoms with Crippen LogP contribution in [0.4, 0.5) is 11.4 Å². The van der Waals surface area contributed by atoms with Crippen LogP contribution in [-0.2, 0) is 20.9 Å². The maximum Gasteiger partial charge on any atom is 0.308 e. The normalized spacial score (nSPS) is 19.6. The molecule has 0 radical (unpaired) electrons. The lowest BCUT2D eigenvalue weighted by molar-refractivity contribution is -0.122. The molecule has 6 rings (SSSR count). The van der Waals surface area contributed by atoms with Gasteiger partial charge in [0.2, 0.25) is 17.7 Å². The number of nitrogens with one attached hydrogen (secondary N) is 1. The first-order valence-corrected chi connectivity index (χ1v) is 14.9. The molecular formula is C30H24ClN3O5S2. The van der Waals surface area contributed by atoms with Gasteiger partial charge in [-0.3, -0.25) is 23.7 Å². The Balaban J connectivity index is 1.41. The van der Waals surface area contributed by atoms with Crippen molar-refractivity contribution in [2.45, 2.75) is 29.7 Å². The molecule has 4 aromatic rings. The van der Waals surface area contributed by atoms with E-state index >= 15 is 0 Å². The third-order valence-electron chi connectivity index (χ3n) is 7.33. The molecule has 1 aromatic heterocycles. The van der Waals surface area contributed by atoms with E-state index in [4.69, 9.17) is 16.3 Å². The van der Waals surface area contributed by atoms with Gasteiger partial charge in [-0.15, -0.1) is 0 Å². The highest BCUT2D eigenvalue weighted by atomic mass is 35.5. The van der Waals surface area contributed by atoms with Gasteiger partial charge < -0.3 is 10.1 Å². The lowest BCUT2D eigenvalue weighted by atomic mass is 9.83. The van der Waals surface area contributed by atoms with E-state index in [2.05, 4.69) is 5.32 Å². The summed E-state index contributed by atoms with van der Waals surface area (Å²) in [6, 6.07) is 21.2. The van der Waals surface area contributed by atoms with E-state index in [1.165, 1.54) is 21.2 Å². The third-order valence-corrected chi connectivity index (χ3v) is 10.2. The molecule has 1 saturated heterocycles. The maximum atomic E-state index is 13.9. The number of thioether (sulfide) groups is 1. The SMILES string of the molecule is COc1ccc(C2c3sc(=O)n(CC(=O)Nc4ccccc4C)c3SC3C(=O)N(c4ccc(Cl)cc4)C(=O)C32)cc1. The maximum absolute atomic E-state index is 13.9. The fourth-order valence-corrected chi connectivity index (χ4v) is 8.22. The number of imide groups is 1. The van der Waals surface area contributed by atoms with E-state index in [0.717, 1.165) is 22.5 Å². The van der Waals surface area contributed by atoms with Gasteiger partial charge in [0.15, 0.2) is 0 Å². The number of para-hydroxylation sites is 1. The van der Waals surface area contributed by atoms with Crippen LogP contribution in [0.5, 0.6) is 5.75 Å². The van der Waals surface area contributed by atoms with E-state index in [9.17, 15) is 19.2 Å². The summed E-state index contributed by atoms with van der Waals surface area (Å²) in [5, 5.41) is 3.12.